The van der Waals surface area contributed by atoms with E-state index in [1.54, 1.807) is 19.5 Å². The number of nitrogens with zero attached hydrogens (tertiary/aromatic N) is 1. The second-order valence-electron chi connectivity index (χ2n) is 6.90. The fourth-order valence-electron chi connectivity index (χ4n) is 3.41. The molecular weight excluding hydrogens is 350 g/mol. The minimum absolute atomic E-state index is 0.508. The number of anilines is 1. The zero-order valence-corrected chi connectivity index (χ0v) is 16.0. The monoisotopic (exact) mass is 375 g/mol. The van der Waals surface area contributed by atoms with Crippen molar-refractivity contribution < 1.29 is 9.47 Å². The lowest BCUT2D eigenvalue weighted by atomic mass is 10.1. The van der Waals surface area contributed by atoms with Crippen molar-refractivity contribution in [3.05, 3.63) is 67.0 Å². The van der Waals surface area contributed by atoms with Crippen LogP contribution in [0.2, 0.25) is 0 Å². The molecule has 144 valence electrons. The molecule has 1 aliphatic rings. The second-order valence-corrected chi connectivity index (χ2v) is 6.90. The van der Waals surface area contributed by atoms with E-state index in [1.165, 1.54) is 12.8 Å². The third-order valence-electron chi connectivity index (χ3n) is 4.98. The molecule has 28 heavy (non-hydrogen) atoms. The van der Waals surface area contributed by atoms with Gasteiger partial charge in [-0.05, 0) is 79.0 Å². The molecule has 2 heterocycles. The minimum atomic E-state index is 0.508. The summed E-state index contributed by atoms with van der Waals surface area (Å²) >= 11 is 0. The molecule has 5 heteroatoms. The number of aromatic nitrogens is 1. The molecule has 1 atom stereocenters. The van der Waals surface area contributed by atoms with E-state index in [2.05, 4.69) is 33.8 Å². The zero-order valence-electron chi connectivity index (χ0n) is 16.0. The van der Waals surface area contributed by atoms with Gasteiger partial charge in [-0.1, -0.05) is 6.07 Å². The van der Waals surface area contributed by atoms with Crippen LogP contribution in [0.5, 0.6) is 17.2 Å². The molecule has 2 aromatic carbocycles. The SMILES string of the molecule is COc1ccc(Oc2cc(-c3ccncc3)ccc2NC[C@@H]2CCCN2)cc1. The van der Waals surface area contributed by atoms with Crippen molar-refractivity contribution in [3.8, 4) is 28.4 Å². The average molecular weight is 375 g/mol. The van der Waals surface area contributed by atoms with Gasteiger partial charge >= 0.3 is 0 Å². The van der Waals surface area contributed by atoms with Gasteiger partial charge in [-0.3, -0.25) is 4.98 Å². The lowest BCUT2D eigenvalue weighted by Gasteiger charge is -2.17. The summed E-state index contributed by atoms with van der Waals surface area (Å²) in [6.07, 6.45) is 6.05. The molecule has 0 amide bonds. The molecule has 0 saturated carbocycles. The topological polar surface area (TPSA) is 55.4 Å². The minimum Gasteiger partial charge on any atom is -0.497 e. The molecule has 5 nitrogen and oxygen atoms in total. The molecule has 4 rings (SSSR count). The van der Waals surface area contributed by atoms with Crippen molar-refractivity contribution in [2.45, 2.75) is 18.9 Å². The molecule has 1 aromatic heterocycles. The van der Waals surface area contributed by atoms with Crippen LogP contribution in [0, 0.1) is 0 Å². The molecule has 3 aromatic rings. The Morgan fingerprint density at radius 2 is 1.79 bits per heavy atom. The van der Waals surface area contributed by atoms with Gasteiger partial charge in [-0.2, -0.15) is 0 Å². The van der Waals surface area contributed by atoms with Gasteiger partial charge in [0.15, 0.2) is 5.75 Å². The van der Waals surface area contributed by atoms with E-state index in [-0.39, 0.29) is 0 Å². The quantitative estimate of drug-likeness (QED) is 0.626. The van der Waals surface area contributed by atoms with Crippen LogP contribution in [-0.2, 0) is 0 Å². The van der Waals surface area contributed by atoms with Gasteiger partial charge in [0.05, 0.1) is 12.8 Å². The summed E-state index contributed by atoms with van der Waals surface area (Å²) in [5, 5.41) is 7.07. The second kappa shape index (κ2) is 8.76. The summed E-state index contributed by atoms with van der Waals surface area (Å²) < 4.78 is 11.5. The fourth-order valence-corrected chi connectivity index (χ4v) is 3.41. The first-order valence-electron chi connectivity index (χ1n) is 9.65. The molecular formula is C23H25N3O2. The zero-order chi connectivity index (χ0) is 19.2. The van der Waals surface area contributed by atoms with Crippen LogP contribution >= 0.6 is 0 Å². The van der Waals surface area contributed by atoms with Crippen molar-refractivity contribution in [1.29, 1.82) is 0 Å². The molecule has 0 aliphatic carbocycles. The van der Waals surface area contributed by atoms with Crippen molar-refractivity contribution >= 4 is 5.69 Å². The maximum Gasteiger partial charge on any atom is 0.151 e. The Balaban J connectivity index is 1.59. The fraction of sp³-hybridized carbons (Fsp3) is 0.261. The van der Waals surface area contributed by atoms with E-state index in [4.69, 9.17) is 9.47 Å². The summed E-state index contributed by atoms with van der Waals surface area (Å²) in [4.78, 5) is 4.11. The maximum atomic E-state index is 6.23. The Morgan fingerprint density at radius 3 is 2.50 bits per heavy atom. The average Bonchev–Trinajstić information content (AvgIpc) is 3.28. The first-order chi connectivity index (χ1) is 13.8. The lowest BCUT2D eigenvalue weighted by molar-refractivity contribution is 0.413. The van der Waals surface area contributed by atoms with E-state index in [1.807, 2.05) is 36.4 Å². The molecule has 2 N–H and O–H groups in total. The molecule has 0 bridgehead atoms. The van der Waals surface area contributed by atoms with Crippen LogP contribution in [-0.4, -0.2) is 31.2 Å². The van der Waals surface area contributed by atoms with Crippen LogP contribution in [0.4, 0.5) is 5.69 Å². The Hall–Kier alpha value is -3.05. The third kappa shape index (κ3) is 4.43. The Morgan fingerprint density at radius 1 is 1.00 bits per heavy atom. The predicted molar refractivity (Wildman–Crippen MR) is 112 cm³/mol. The number of ether oxygens (including phenoxy) is 2. The largest absolute Gasteiger partial charge is 0.497 e. The summed E-state index contributed by atoms with van der Waals surface area (Å²) in [6.45, 7) is 1.98. The maximum absolute atomic E-state index is 6.23. The molecule has 0 unspecified atom stereocenters. The first kappa shape index (κ1) is 18.3. The van der Waals surface area contributed by atoms with Gasteiger partial charge in [0.2, 0.25) is 0 Å². The van der Waals surface area contributed by atoms with Crippen molar-refractivity contribution in [2.24, 2.45) is 0 Å². The Labute approximate surface area is 165 Å². The summed E-state index contributed by atoms with van der Waals surface area (Å²) in [6, 6.07) is 18.4. The normalized spacial score (nSPS) is 16.0. The number of pyridine rings is 1. The van der Waals surface area contributed by atoms with Crippen molar-refractivity contribution in [1.82, 2.24) is 10.3 Å². The van der Waals surface area contributed by atoms with Gasteiger partial charge in [-0.15, -0.1) is 0 Å². The van der Waals surface area contributed by atoms with E-state index in [9.17, 15) is 0 Å². The molecule has 0 spiro atoms. The van der Waals surface area contributed by atoms with Crippen LogP contribution < -0.4 is 20.1 Å². The van der Waals surface area contributed by atoms with Crippen LogP contribution in [0.3, 0.4) is 0 Å². The van der Waals surface area contributed by atoms with E-state index < -0.39 is 0 Å². The number of hydrogen-bond donors (Lipinski definition) is 2. The molecule has 0 radical (unpaired) electrons. The lowest BCUT2D eigenvalue weighted by Crippen LogP contribution is -2.29. The first-order valence-corrected chi connectivity index (χ1v) is 9.65. The number of hydrogen-bond acceptors (Lipinski definition) is 5. The summed E-state index contributed by atoms with van der Waals surface area (Å²) in [7, 11) is 1.66. The standard InChI is InChI=1S/C23H25N3O2/c1-27-20-5-7-21(8-6-20)28-23-15-18(17-10-13-24-14-11-17)4-9-22(23)26-16-19-3-2-12-25-19/h4-11,13-15,19,25-26H,2-3,12,16H2,1H3/t19-/m0/s1. The summed E-state index contributed by atoms with van der Waals surface area (Å²) in [5.41, 5.74) is 3.19. The summed E-state index contributed by atoms with van der Waals surface area (Å²) in [5.74, 6) is 2.38. The van der Waals surface area contributed by atoms with Crippen LogP contribution in [0.15, 0.2) is 67.0 Å². The van der Waals surface area contributed by atoms with Crippen molar-refractivity contribution in [3.63, 3.8) is 0 Å². The highest BCUT2D eigenvalue weighted by atomic mass is 16.5. The third-order valence-corrected chi connectivity index (χ3v) is 4.98. The highest BCUT2D eigenvalue weighted by molar-refractivity contribution is 5.71. The smallest absolute Gasteiger partial charge is 0.151 e. The molecule has 1 aliphatic heterocycles. The van der Waals surface area contributed by atoms with Gasteiger partial charge in [0, 0.05) is 25.0 Å². The number of rotatable bonds is 7. The van der Waals surface area contributed by atoms with Crippen LogP contribution in [0.1, 0.15) is 12.8 Å². The van der Waals surface area contributed by atoms with Gasteiger partial charge < -0.3 is 20.1 Å². The Bertz CT molecular complexity index is 891. The van der Waals surface area contributed by atoms with Crippen molar-refractivity contribution in [2.75, 3.05) is 25.5 Å². The molecule has 1 saturated heterocycles. The highest BCUT2D eigenvalue weighted by Gasteiger charge is 2.15. The predicted octanol–water partition coefficient (Wildman–Crippen LogP) is 4.71. The highest BCUT2D eigenvalue weighted by Crippen LogP contribution is 2.34. The number of benzene rings is 2. The van der Waals surface area contributed by atoms with Gasteiger partial charge in [0.1, 0.15) is 11.5 Å². The van der Waals surface area contributed by atoms with E-state index in [0.29, 0.717) is 6.04 Å². The number of nitrogens with one attached hydrogen (secondary N) is 2. The van der Waals surface area contributed by atoms with Crippen LogP contribution in [0.25, 0.3) is 11.1 Å². The number of methoxy groups -OCH3 is 1. The van der Waals surface area contributed by atoms with Gasteiger partial charge in [0.25, 0.3) is 0 Å². The van der Waals surface area contributed by atoms with E-state index in [0.717, 1.165) is 47.2 Å². The Kier molecular flexibility index (Phi) is 5.73. The van der Waals surface area contributed by atoms with Gasteiger partial charge in [-0.25, -0.2) is 0 Å². The molecule has 1 fully saturated rings. The van der Waals surface area contributed by atoms with E-state index >= 15 is 0 Å².